The number of amides is 1. The number of carbonyl (C=O) groups excluding carboxylic acids is 1. The predicted octanol–water partition coefficient (Wildman–Crippen LogP) is 3.10. The zero-order chi connectivity index (χ0) is 18.7. The molecule has 2 fully saturated rings. The molecule has 2 aromatic rings. The maximum absolute atomic E-state index is 13.2. The molecular formula is C22H30N4O. The van der Waals surface area contributed by atoms with Crippen molar-refractivity contribution >= 4 is 5.91 Å². The van der Waals surface area contributed by atoms with Crippen LogP contribution in [-0.4, -0.2) is 47.2 Å². The largest absolute Gasteiger partial charge is 0.342 e. The zero-order valence-electron chi connectivity index (χ0n) is 16.2. The normalized spacial score (nSPS) is 22.6. The van der Waals surface area contributed by atoms with E-state index in [1.54, 1.807) is 0 Å². The van der Waals surface area contributed by atoms with Gasteiger partial charge in [-0.3, -0.25) is 9.89 Å². The molecule has 0 bridgehead atoms. The molecule has 4 rings (SSSR count). The number of hydrogen-bond acceptors (Lipinski definition) is 3. The van der Waals surface area contributed by atoms with E-state index in [1.807, 2.05) is 12.3 Å². The van der Waals surface area contributed by atoms with Gasteiger partial charge in [-0.2, -0.15) is 5.10 Å². The molecule has 2 saturated heterocycles. The van der Waals surface area contributed by atoms with Crippen molar-refractivity contribution in [1.82, 2.24) is 20.4 Å². The Balaban J connectivity index is 1.47. The van der Waals surface area contributed by atoms with Crippen molar-refractivity contribution in [2.75, 3.05) is 26.2 Å². The van der Waals surface area contributed by atoms with Crippen LogP contribution in [0.15, 0.2) is 36.5 Å². The summed E-state index contributed by atoms with van der Waals surface area (Å²) in [7, 11) is 0. The molecule has 2 aliphatic heterocycles. The SMILES string of the molecule is CC1(C(=O)N2CCC[C@H](c3[nH]ncc3Cc3ccccc3)C2)CCNCC1. The fraction of sp³-hybridized carbons (Fsp3) is 0.545. The van der Waals surface area contributed by atoms with E-state index in [-0.39, 0.29) is 5.41 Å². The first-order valence-corrected chi connectivity index (χ1v) is 10.2. The van der Waals surface area contributed by atoms with Crippen LogP contribution in [0.1, 0.15) is 55.3 Å². The van der Waals surface area contributed by atoms with Gasteiger partial charge in [0.2, 0.25) is 5.91 Å². The minimum Gasteiger partial charge on any atom is -0.342 e. The highest BCUT2D eigenvalue weighted by molar-refractivity contribution is 5.82. The number of carbonyl (C=O) groups is 1. The van der Waals surface area contributed by atoms with Gasteiger partial charge in [0.1, 0.15) is 0 Å². The standard InChI is InChI=1S/C22H30N4O/c1-22(9-11-23-12-10-22)21(27)26-13-5-8-18(16-26)20-19(15-24-25-20)14-17-6-3-2-4-7-17/h2-4,6-7,15,18,23H,5,8-14,16H2,1H3,(H,24,25)/t18-/m0/s1. The van der Waals surface area contributed by atoms with Gasteiger partial charge in [-0.1, -0.05) is 37.3 Å². The van der Waals surface area contributed by atoms with Gasteiger partial charge < -0.3 is 10.2 Å². The lowest BCUT2D eigenvalue weighted by Gasteiger charge is -2.40. The maximum atomic E-state index is 13.2. The Morgan fingerprint density at radius 2 is 2.04 bits per heavy atom. The summed E-state index contributed by atoms with van der Waals surface area (Å²) >= 11 is 0. The molecule has 1 atom stereocenters. The molecule has 2 aliphatic rings. The molecule has 0 aliphatic carbocycles. The lowest BCUT2D eigenvalue weighted by Crippen LogP contribution is -2.50. The second-order valence-corrected chi connectivity index (χ2v) is 8.37. The van der Waals surface area contributed by atoms with Crippen LogP contribution in [0.25, 0.3) is 0 Å². The summed E-state index contributed by atoms with van der Waals surface area (Å²) in [6, 6.07) is 10.5. The number of likely N-dealkylation sites (tertiary alicyclic amines) is 1. The van der Waals surface area contributed by atoms with E-state index in [0.29, 0.717) is 11.8 Å². The van der Waals surface area contributed by atoms with E-state index >= 15 is 0 Å². The average Bonchev–Trinajstić information content (AvgIpc) is 3.17. The Labute approximate surface area is 161 Å². The number of aromatic nitrogens is 2. The minimum atomic E-state index is -0.200. The zero-order valence-corrected chi connectivity index (χ0v) is 16.2. The molecule has 27 heavy (non-hydrogen) atoms. The highest BCUT2D eigenvalue weighted by Crippen LogP contribution is 2.35. The molecule has 5 nitrogen and oxygen atoms in total. The third kappa shape index (κ3) is 3.93. The number of hydrogen-bond donors (Lipinski definition) is 2. The molecule has 0 spiro atoms. The van der Waals surface area contributed by atoms with Gasteiger partial charge in [-0.15, -0.1) is 0 Å². The van der Waals surface area contributed by atoms with Gasteiger partial charge in [-0.05, 0) is 49.9 Å². The van der Waals surface area contributed by atoms with Crippen LogP contribution < -0.4 is 5.32 Å². The van der Waals surface area contributed by atoms with Crippen molar-refractivity contribution in [3.8, 4) is 0 Å². The van der Waals surface area contributed by atoms with E-state index in [2.05, 4.69) is 51.6 Å². The summed E-state index contributed by atoms with van der Waals surface area (Å²) in [5.41, 5.74) is 3.57. The van der Waals surface area contributed by atoms with Crippen molar-refractivity contribution in [3.63, 3.8) is 0 Å². The highest BCUT2D eigenvalue weighted by atomic mass is 16.2. The van der Waals surface area contributed by atoms with Crippen LogP contribution in [0.5, 0.6) is 0 Å². The van der Waals surface area contributed by atoms with Crippen LogP contribution in [0.4, 0.5) is 0 Å². The minimum absolute atomic E-state index is 0.200. The fourth-order valence-corrected chi connectivity index (χ4v) is 4.60. The third-order valence-electron chi connectivity index (χ3n) is 6.33. The van der Waals surface area contributed by atoms with Crippen molar-refractivity contribution in [1.29, 1.82) is 0 Å². The lowest BCUT2D eigenvalue weighted by molar-refractivity contribution is -0.144. The van der Waals surface area contributed by atoms with Gasteiger partial charge in [-0.25, -0.2) is 0 Å². The van der Waals surface area contributed by atoms with Gasteiger partial charge in [0.15, 0.2) is 0 Å². The average molecular weight is 367 g/mol. The molecule has 1 aromatic heterocycles. The number of rotatable bonds is 4. The van der Waals surface area contributed by atoms with E-state index in [1.165, 1.54) is 16.8 Å². The summed E-state index contributed by atoms with van der Waals surface area (Å²) in [5, 5.41) is 11.0. The van der Waals surface area contributed by atoms with Crippen LogP contribution in [0.2, 0.25) is 0 Å². The quantitative estimate of drug-likeness (QED) is 0.874. The fourth-order valence-electron chi connectivity index (χ4n) is 4.60. The number of piperidine rings is 2. The summed E-state index contributed by atoms with van der Waals surface area (Å²) in [6.07, 6.45) is 6.91. The first-order chi connectivity index (χ1) is 13.2. The second kappa shape index (κ2) is 7.85. The van der Waals surface area contributed by atoms with Gasteiger partial charge in [0.25, 0.3) is 0 Å². The summed E-state index contributed by atoms with van der Waals surface area (Å²) < 4.78 is 0. The molecule has 1 aromatic carbocycles. The van der Waals surface area contributed by atoms with Crippen LogP contribution in [0.3, 0.4) is 0 Å². The molecular weight excluding hydrogens is 336 g/mol. The Morgan fingerprint density at radius 1 is 1.26 bits per heavy atom. The van der Waals surface area contributed by atoms with E-state index in [4.69, 9.17) is 0 Å². The van der Waals surface area contributed by atoms with E-state index in [9.17, 15) is 4.79 Å². The number of H-pyrrole nitrogens is 1. The molecule has 1 amide bonds. The third-order valence-corrected chi connectivity index (χ3v) is 6.33. The molecule has 0 saturated carbocycles. The number of nitrogens with one attached hydrogen (secondary N) is 2. The lowest BCUT2D eigenvalue weighted by atomic mass is 9.78. The number of nitrogens with zero attached hydrogens (tertiary/aromatic N) is 2. The Hall–Kier alpha value is -2.14. The number of aromatic amines is 1. The van der Waals surface area contributed by atoms with Crippen molar-refractivity contribution < 1.29 is 4.79 Å². The Kier molecular flexibility index (Phi) is 5.30. The molecule has 2 N–H and O–H groups in total. The highest BCUT2D eigenvalue weighted by Gasteiger charge is 2.39. The molecule has 144 valence electrons. The number of benzene rings is 1. The van der Waals surface area contributed by atoms with Crippen molar-refractivity contribution in [2.45, 2.75) is 44.9 Å². The summed E-state index contributed by atoms with van der Waals surface area (Å²) in [6.45, 7) is 5.74. The Bertz CT molecular complexity index is 764. The van der Waals surface area contributed by atoms with Crippen LogP contribution >= 0.6 is 0 Å². The molecule has 5 heteroatoms. The summed E-state index contributed by atoms with van der Waals surface area (Å²) in [5.74, 6) is 0.701. The van der Waals surface area contributed by atoms with E-state index < -0.39 is 0 Å². The van der Waals surface area contributed by atoms with E-state index in [0.717, 1.165) is 58.3 Å². The molecule has 0 unspecified atom stereocenters. The van der Waals surface area contributed by atoms with Gasteiger partial charge in [0, 0.05) is 36.5 Å². The predicted molar refractivity (Wildman–Crippen MR) is 107 cm³/mol. The van der Waals surface area contributed by atoms with Crippen LogP contribution in [-0.2, 0) is 11.2 Å². The van der Waals surface area contributed by atoms with Crippen LogP contribution in [0, 0.1) is 5.41 Å². The first-order valence-electron chi connectivity index (χ1n) is 10.2. The molecule has 3 heterocycles. The second-order valence-electron chi connectivity index (χ2n) is 8.37. The van der Waals surface area contributed by atoms with Gasteiger partial charge >= 0.3 is 0 Å². The van der Waals surface area contributed by atoms with Crippen molar-refractivity contribution in [2.24, 2.45) is 5.41 Å². The smallest absolute Gasteiger partial charge is 0.228 e. The van der Waals surface area contributed by atoms with Crippen molar-refractivity contribution in [3.05, 3.63) is 53.3 Å². The summed E-state index contributed by atoms with van der Waals surface area (Å²) in [4.78, 5) is 15.4. The Morgan fingerprint density at radius 3 is 2.81 bits per heavy atom. The molecule has 0 radical (unpaired) electrons. The first kappa shape index (κ1) is 18.2. The topological polar surface area (TPSA) is 61.0 Å². The maximum Gasteiger partial charge on any atom is 0.228 e. The van der Waals surface area contributed by atoms with Gasteiger partial charge in [0.05, 0.1) is 6.20 Å². The monoisotopic (exact) mass is 366 g/mol.